The first-order valence-electron chi connectivity index (χ1n) is 6.74. The molecule has 21 heavy (non-hydrogen) atoms. The molecule has 0 saturated heterocycles. The number of nitrogens with one attached hydrogen (secondary N) is 2. The molecule has 0 spiro atoms. The van der Waals surface area contributed by atoms with Crippen LogP contribution in [0.1, 0.15) is 22.5 Å². The summed E-state index contributed by atoms with van der Waals surface area (Å²) in [6, 6.07) is 7.55. The minimum absolute atomic E-state index is 0.157. The molecule has 110 valence electrons. The third-order valence-electron chi connectivity index (χ3n) is 2.95. The lowest BCUT2D eigenvalue weighted by atomic mass is 10.1. The molecule has 1 amide bonds. The number of hydrogen-bond donors (Lipinski definition) is 3. The van der Waals surface area contributed by atoms with Crippen LogP contribution in [0.15, 0.2) is 36.7 Å². The van der Waals surface area contributed by atoms with Crippen LogP contribution in [0.25, 0.3) is 0 Å². The van der Waals surface area contributed by atoms with Crippen LogP contribution >= 0.6 is 0 Å². The normalized spacial score (nSPS) is 10.2. The van der Waals surface area contributed by atoms with Crippen LogP contribution < -0.4 is 10.6 Å². The van der Waals surface area contributed by atoms with Crippen LogP contribution in [-0.2, 0) is 6.42 Å². The first-order chi connectivity index (χ1) is 10.2. The number of carbonyl (C=O) groups is 1. The van der Waals surface area contributed by atoms with Crippen molar-refractivity contribution in [2.75, 3.05) is 24.3 Å². The molecule has 0 aliphatic rings. The number of rotatable bonds is 6. The van der Waals surface area contributed by atoms with Gasteiger partial charge in [0.1, 0.15) is 11.5 Å². The number of amides is 1. The predicted molar refractivity (Wildman–Crippen MR) is 81.4 cm³/mol. The van der Waals surface area contributed by atoms with Gasteiger partial charge in [0.05, 0.1) is 12.4 Å². The van der Waals surface area contributed by atoms with Gasteiger partial charge >= 0.3 is 0 Å². The van der Waals surface area contributed by atoms with Crippen LogP contribution in [-0.4, -0.2) is 34.6 Å². The van der Waals surface area contributed by atoms with Gasteiger partial charge in [-0.25, -0.2) is 9.97 Å². The van der Waals surface area contributed by atoms with Crippen molar-refractivity contribution < 1.29 is 9.90 Å². The van der Waals surface area contributed by atoms with Crippen LogP contribution in [0.4, 0.5) is 11.5 Å². The number of benzene rings is 1. The molecule has 1 aromatic carbocycles. The van der Waals surface area contributed by atoms with E-state index in [-0.39, 0.29) is 18.2 Å². The zero-order valence-electron chi connectivity index (χ0n) is 11.8. The molecule has 0 aliphatic carbocycles. The van der Waals surface area contributed by atoms with Gasteiger partial charge in [-0.1, -0.05) is 12.1 Å². The summed E-state index contributed by atoms with van der Waals surface area (Å²) in [5.41, 5.74) is 2.03. The lowest BCUT2D eigenvalue weighted by Gasteiger charge is -2.07. The van der Waals surface area contributed by atoms with Crippen molar-refractivity contribution in [2.24, 2.45) is 0 Å². The predicted octanol–water partition coefficient (Wildman–Crippen LogP) is 1.70. The maximum atomic E-state index is 12.1. The van der Waals surface area contributed by atoms with Crippen LogP contribution in [0.2, 0.25) is 0 Å². The van der Waals surface area contributed by atoms with E-state index in [1.807, 2.05) is 24.3 Å². The highest BCUT2D eigenvalue weighted by Gasteiger charge is 2.08. The number of aromatic nitrogens is 2. The lowest BCUT2D eigenvalue weighted by molar-refractivity contribution is 0.102. The molecular weight excluding hydrogens is 268 g/mol. The quantitative estimate of drug-likeness (QED) is 0.752. The second kappa shape index (κ2) is 7.35. The Kier molecular flexibility index (Phi) is 5.22. The van der Waals surface area contributed by atoms with Gasteiger partial charge in [-0.3, -0.25) is 4.79 Å². The summed E-state index contributed by atoms with van der Waals surface area (Å²) in [4.78, 5) is 20.2. The number of nitrogens with zero attached hydrogens (tertiary/aromatic N) is 2. The Morgan fingerprint density at radius 3 is 2.81 bits per heavy atom. The summed E-state index contributed by atoms with van der Waals surface area (Å²) >= 11 is 0. The summed E-state index contributed by atoms with van der Waals surface area (Å²) in [5.74, 6) is 0.307. The molecule has 0 saturated carbocycles. The van der Waals surface area contributed by atoms with Crippen LogP contribution in [0.5, 0.6) is 0 Å². The first-order valence-corrected chi connectivity index (χ1v) is 6.74. The molecular formula is C15H18N4O2. The third kappa shape index (κ3) is 4.25. The Hall–Kier alpha value is -2.47. The van der Waals surface area contributed by atoms with Gasteiger partial charge in [0.25, 0.3) is 5.91 Å². The second-order valence-corrected chi connectivity index (χ2v) is 4.52. The fourth-order valence-corrected chi connectivity index (χ4v) is 1.86. The Morgan fingerprint density at radius 2 is 2.14 bits per heavy atom. The summed E-state index contributed by atoms with van der Waals surface area (Å²) in [6.07, 6.45) is 4.41. The number of hydrogen-bond acceptors (Lipinski definition) is 5. The lowest BCUT2D eigenvalue weighted by Crippen LogP contribution is -2.14. The number of anilines is 2. The Morgan fingerprint density at radius 1 is 1.29 bits per heavy atom. The van der Waals surface area contributed by atoms with Crippen molar-refractivity contribution in [3.63, 3.8) is 0 Å². The van der Waals surface area contributed by atoms with E-state index in [1.54, 1.807) is 7.05 Å². The molecule has 1 heterocycles. The van der Waals surface area contributed by atoms with Crippen molar-refractivity contribution in [1.82, 2.24) is 9.97 Å². The standard InChI is InChI=1S/C15H18N4O2/c1-16-14-10-17-13(9-18-14)15(21)19-12-6-2-4-11(8-12)5-3-7-20/h2,4,6,8-10,20H,3,5,7H2,1H3,(H,16,18)(H,19,21). The van der Waals surface area contributed by atoms with Gasteiger partial charge in [0, 0.05) is 19.3 Å². The van der Waals surface area contributed by atoms with E-state index in [9.17, 15) is 4.79 Å². The minimum atomic E-state index is -0.301. The molecule has 0 unspecified atom stereocenters. The fourth-order valence-electron chi connectivity index (χ4n) is 1.86. The van der Waals surface area contributed by atoms with Gasteiger partial charge in [-0.15, -0.1) is 0 Å². The Balaban J connectivity index is 2.04. The van der Waals surface area contributed by atoms with Crippen LogP contribution in [0.3, 0.4) is 0 Å². The maximum absolute atomic E-state index is 12.1. The van der Waals surface area contributed by atoms with Crippen molar-refractivity contribution in [2.45, 2.75) is 12.8 Å². The average Bonchev–Trinajstić information content (AvgIpc) is 2.53. The minimum Gasteiger partial charge on any atom is -0.396 e. The van der Waals surface area contributed by atoms with Gasteiger partial charge in [0.15, 0.2) is 0 Å². The zero-order valence-corrected chi connectivity index (χ0v) is 11.8. The summed E-state index contributed by atoms with van der Waals surface area (Å²) in [7, 11) is 1.74. The molecule has 2 rings (SSSR count). The van der Waals surface area contributed by atoms with Gasteiger partial charge in [-0.05, 0) is 30.5 Å². The number of aliphatic hydroxyl groups excluding tert-OH is 1. The SMILES string of the molecule is CNc1cnc(C(=O)Nc2cccc(CCCO)c2)cn1. The van der Waals surface area contributed by atoms with Crippen molar-refractivity contribution in [3.05, 3.63) is 47.9 Å². The topological polar surface area (TPSA) is 87.1 Å². The summed E-state index contributed by atoms with van der Waals surface area (Å²) < 4.78 is 0. The monoisotopic (exact) mass is 286 g/mol. The highest BCUT2D eigenvalue weighted by atomic mass is 16.2. The van der Waals surface area contributed by atoms with Crippen molar-refractivity contribution in [3.8, 4) is 0 Å². The molecule has 0 radical (unpaired) electrons. The van der Waals surface area contributed by atoms with Crippen LogP contribution in [0, 0.1) is 0 Å². The second-order valence-electron chi connectivity index (χ2n) is 4.52. The van der Waals surface area contributed by atoms with E-state index in [1.165, 1.54) is 12.4 Å². The molecule has 1 aromatic heterocycles. The Bertz CT molecular complexity index is 599. The van der Waals surface area contributed by atoms with Gasteiger partial charge < -0.3 is 15.7 Å². The first kappa shape index (κ1) is 14.9. The molecule has 0 bridgehead atoms. The summed E-state index contributed by atoms with van der Waals surface area (Å²) in [6.45, 7) is 0.157. The van der Waals surface area contributed by atoms with E-state index in [4.69, 9.17) is 5.11 Å². The van der Waals surface area contributed by atoms with E-state index >= 15 is 0 Å². The molecule has 0 fully saturated rings. The van der Waals surface area contributed by atoms with E-state index in [0.29, 0.717) is 17.9 Å². The highest BCUT2D eigenvalue weighted by Crippen LogP contribution is 2.13. The largest absolute Gasteiger partial charge is 0.396 e. The van der Waals surface area contributed by atoms with E-state index in [2.05, 4.69) is 20.6 Å². The van der Waals surface area contributed by atoms with Crippen molar-refractivity contribution in [1.29, 1.82) is 0 Å². The molecule has 2 aromatic rings. The maximum Gasteiger partial charge on any atom is 0.275 e. The summed E-state index contributed by atoms with van der Waals surface area (Å²) in [5, 5.41) is 14.5. The molecule has 6 heteroatoms. The fraction of sp³-hybridized carbons (Fsp3) is 0.267. The third-order valence-corrected chi connectivity index (χ3v) is 2.95. The van der Waals surface area contributed by atoms with E-state index in [0.717, 1.165) is 12.0 Å². The number of carbonyl (C=O) groups excluding carboxylic acids is 1. The van der Waals surface area contributed by atoms with Gasteiger partial charge in [-0.2, -0.15) is 0 Å². The molecule has 0 aliphatic heterocycles. The smallest absolute Gasteiger partial charge is 0.275 e. The Labute approximate surface area is 123 Å². The van der Waals surface area contributed by atoms with Crippen molar-refractivity contribution >= 4 is 17.4 Å². The van der Waals surface area contributed by atoms with Gasteiger partial charge in [0.2, 0.25) is 0 Å². The molecule has 6 nitrogen and oxygen atoms in total. The average molecular weight is 286 g/mol. The number of aliphatic hydroxyl groups is 1. The number of aryl methyl sites for hydroxylation is 1. The molecule has 0 atom stereocenters. The van der Waals surface area contributed by atoms with E-state index < -0.39 is 0 Å². The molecule has 3 N–H and O–H groups in total. The highest BCUT2D eigenvalue weighted by molar-refractivity contribution is 6.02. The zero-order chi connectivity index (χ0) is 15.1.